The molecule has 1 aliphatic heterocycles. The highest BCUT2D eigenvalue weighted by Crippen LogP contribution is 2.25. The number of aromatic carboxylic acids is 1. The number of nitrogens with zero attached hydrogens (tertiary/aromatic N) is 2. The van der Waals surface area contributed by atoms with E-state index in [9.17, 15) is 14.7 Å². The number of nitrogens with one attached hydrogen (secondary N) is 1. The van der Waals surface area contributed by atoms with Crippen LogP contribution in [0.1, 0.15) is 31.1 Å². The highest BCUT2D eigenvalue weighted by molar-refractivity contribution is 6.01. The lowest BCUT2D eigenvalue weighted by Crippen LogP contribution is -2.46. The number of benzene rings is 1. The molecule has 1 aromatic carbocycles. The summed E-state index contributed by atoms with van der Waals surface area (Å²) in [5, 5.41) is 12.1. The van der Waals surface area contributed by atoms with Crippen molar-refractivity contribution in [1.29, 1.82) is 0 Å². The summed E-state index contributed by atoms with van der Waals surface area (Å²) < 4.78 is 0. The van der Waals surface area contributed by atoms with Crippen molar-refractivity contribution in [3.63, 3.8) is 0 Å². The van der Waals surface area contributed by atoms with E-state index >= 15 is 0 Å². The Morgan fingerprint density at radius 3 is 2.39 bits per heavy atom. The summed E-state index contributed by atoms with van der Waals surface area (Å²) in [7, 11) is 0. The van der Waals surface area contributed by atoms with Crippen LogP contribution in [-0.2, 0) is 4.79 Å². The van der Waals surface area contributed by atoms with Crippen LogP contribution < -0.4 is 10.2 Å². The largest absolute Gasteiger partial charge is 0.478 e. The Balaban J connectivity index is 2.19. The van der Waals surface area contributed by atoms with Gasteiger partial charge in [-0.2, -0.15) is 0 Å². The molecule has 0 unspecified atom stereocenters. The van der Waals surface area contributed by atoms with E-state index in [2.05, 4.69) is 22.0 Å². The van der Waals surface area contributed by atoms with Crippen molar-refractivity contribution in [1.82, 2.24) is 4.90 Å². The van der Waals surface area contributed by atoms with E-state index in [4.69, 9.17) is 0 Å². The first-order chi connectivity index (χ1) is 10.9. The van der Waals surface area contributed by atoms with Gasteiger partial charge >= 0.3 is 5.97 Å². The molecule has 1 fully saturated rings. The van der Waals surface area contributed by atoms with Crippen LogP contribution in [0.5, 0.6) is 0 Å². The van der Waals surface area contributed by atoms with Gasteiger partial charge in [-0.3, -0.25) is 4.79 Å². The number of carboxylic acids is 1. The van der Waals surface area contributed by atoms with Crippen LogP contribution >= 0.6 is 0 Å². The molecule has 1 amide bonds. The number of hydrogen-bond donors (Lipinski definition) is 2. The van der Waals surface area contributed by atoms with Crippen LogP contribution in [0.4, 0.5) is 11.4 Å². The van der Waals surface area contributed by atoms with Gasteiger partial charge in [-0.25, -0.2) is 4.79 Å². The molecule has 2 N–H and O–H groups in total. The predicted molar refractivity (Wildman–Crippen MR) is 91.2 cm³/mol. The summed E-state index contributed by atoms with van der Waals surface area (Å²) in [6.07, 6.45) is 0. The first kappa shape index (κ1) is 17.3. The van der Waals surface area contributed by atoms with Crippen LogP contribution in [0, 0.1) is 5.92 Å². The highest BCUT2D eigenvalue weighted by atomic mass is 16.4. The van der Waals surface area contributed by atoms with Gasteiger partial charge in [0.25, 0.3) is 0 Å². The predicted octanol–water partition coefficient (Wildman–Crippen LogP) is 2.12. The van der Waals surface area contributed by atoms with E-state index in [1.165, 1.54) is 0 Å². The quantitative estimate of drug-likeness (QED) is 0.870. The van der Waals surface area contributed by atoms with Gasteiger partial charge in [0.2, 0.25) is 5.91 Å². The van der Waals surface area contributed by atoms with Crippen molar-refractivity contribution in [2.75, 3.05) is 42.9 Å². The number of piperazine rings is 1. The molecule has 1 aromatic rings. The zero-order valence-electron chi connectivity index (χ0n) is 14.0. The first-order valence-corrected chi connectivity index (χ1v) is 8.08. The number of carbonyl (C=O) groups excluding carboxylic acids is 1. The van der Waals surface area contributed by atoms with Gasteiger partial charge in [0.1, 0.15) is 0 Å². The molecule has 0 aliphatic carbocycles. The van der Waals surface area contributed by atoms with Crippen LogP contribution in [0.15, 0.2) is 18.2 Å². The maximum atomic E-state index is 11.8. The number of carboxylic acid groups (broad SMARTS) is 1. The summed E-state index contributed by atoms with van der Waals surface area (Å²) in [6, 6.07) is 5.22. The summed E-state index contributed by atoms with van der Waals surface area (Å²) in [6.45, 7) is 10.4. The lowest BCUT2D eigenvalue weighted by atomic mass is 10.1. The van der Waals surface area contributed by atoms with E-state index in [1.54, 1.807) is 26.0 Å². The second kappa shape index (κ2) is 7.46. The summed E-state index contributed by atoms with van der Waals surface area (Å²) in [4.78, 5) is 27.9. The van der Waals surface area contributed by atoms with Gasteiger partial charge in [0.05, 0.1) is 11.3 Å². The third kappa shape index (κ3) is 4.22. The fourth-order valence-electron chi connectivity index (χ4n) is 2.61. The Morgan fingerprint density at radius 2 is 1.87 bits per heavy atom. The lowest BCUT2D eigenvalue weighted by molar-refractivity contribution is -0.118. The molecule has 1 saturated heterocycles. The Morgan fingerprint density at radius 1 is 1.22 bits per heavy atom. The van der Waals surface area contributed by atoms with Crippen LogP contribution in [0.3, 0.4) is 0 Å². The molecule has 0 aromatic heterocycles. The third-order valence-electron chi connectivity index (χ3n) is 4.20. The minimum Gasteiger partial charge on any atom is -0.478 e. The van der Waals surface area contributed by atoms with Gasteiger partial charge < -0.3 is 20.2 Å². The molecule has 0 spiro atoms. The number of likely N-dealkylation sites (N-methyl/N-ethyl adjacent to an activating group) is 1. The van der Waals surface area contributed by atoms with E-state index in [0.29, 0.717) is 5.69 Å². The van der Waals surface area contributed by atoms with Crippen molar-refractivity contribution < 1.29 is 14.7 Å². The Bertz CT molecular complexity index is 578. The molecule has 126 valence electrons. The van der Waals surface area contributed by atoms with Gasteiger partial charge in [0.15, 0.2) is 0 Å². The molecule has 0 atom stereocenters. The van der Waals surface area contributed by atoms with E-state index in [-0.39, 0.29) is 17.4 Å². The van der Waals surface area contributed by atoms with E-state index in [1.807, 2.05) is 6.07 Å². The standard InChI is InChI=1S/C17H25N3O3/c1-4-19-7-9-20(10-8-19)13-5-6-15(14(11-13)17(22)23)18-16(21)12(2)3/h5-6,11-12H,4,7-10H2,1-3H3,(H,18,21)(H,22,23). The molecule has 0 bridgehead atoms. The lowest BCUT2D eigenvalue weighted by Gasteiger charge is -2.35. The fraction of sp³-hybridized carbons (Fsp3) is 0.529. The number of hydrogen-bond acceptors (Lipinski definition) is 4. The molecule has 1 heterocycles. The van der Waals surface area contributed by atoms with Crippen molar-refractivity contribution in [3.8, 4) is 0 Å². The summed E-state index contributed by atoms with van der Waals surface area (Å²) >= 11 is 0. The minimum atomic E-state index is -1.03. The first-order valence-electron chi connectivity index (χ1n) is 8.08. The Labute approximate surface area is 137 Å². The molecular formula is C17H25N3O3. The SMILES string of the molecule is CCN1CCN(c2ccc(NC(=O)C(C)C)c(C(=O)O)c2)CC1. The van der Waals surface area contributed by atoms with Crippen molar-refractivity contribution in [3.05, 3.63) is 23.8 Å². The zero-order valence-corrected chi connectivity index (χ0v) is 14.0. The van der Waals surface area contributed by atoms with Crippen LogP contribution in [0.2, 0.25) is 0 Å². The molecule has 1 aliphatic rings. The van der Waals surface area contributed by atoms with Gasteiger partial charge in [0, 0.05) is 37.8 Å². The molecule has 0 saturated carbocycles. The topological polar surface area (TPSA) is 72.9 Å². The maximum Gasteiger partial charge on any atom is 0.337 e. The maximum absolute atomic E-state index is 11.8. The van der Waals surface area contributed by atoms with E-state index in [0.717, 1.165) is 38.4 Å². The fourth-order valence-corrected chi connectivity index (χ4v) is 2.61. The van der Waals surface area contributed by atoms with Gasteiger partial charge in [-0.1, -0.05) is 20.8 Å². The van der Waals surface area contributed by atoms with Crippen molar-refractivity contribution >= 4 is 23.3 Å². The normalized spacial score (nSPS) is 15.7. The zero-order chi connectivity index (χ0) is 17.0. The number of anilines is 2. The number of amides is 1. The smallest absolute Gasteiger partial charge is 0.337 e. The van der Waals surface area contributed by atoms with Gasteiger partial charge in [-0.05, 0) is 24.7 Å². The molecule has 0 radical (unpaired) electrons. The minimum absolute atomic E-state index is 0.134. The highest BCUT2D eigenvalue weighted by Gasteiger charge is 2.19. The Kier molecular flexibility index (Phi) is 5.60. The Hall–Kier alpha value is -2.08. The molecule has 6 heteroatoms. The molecule has 2 rings (SSSR count). The van der Waals surface area contributed by atoms with Crippen molar-refractivity contribution in [2.24, 2.45) is 5.92 Å². The van der Waals surface area contributed by atoms with Crippen LogP contribution in [0.25, 0.3) is 0 Å². The summed E-state index contributed by atoms with van der Waals surface area (Å²) in [5.41, 5.74) is 1.38. The second-order valence-electron chi connectivity index (χ2n) is 6.10. The molecular weight excluding hydrogens is 294 g/mol. The second-order valence-corrected chi connectivity index (χ2v) is 6.10. The number of carbonyl (C=O) groups is 2. The molecule has 6 nitrogen and oxygen atoms in total. The third-order valence-corrected chi connectivity index (χ3v) is 4.20. The average Bonchev–Trinajstić information content (AvgIpc) is 2.55. The molecule has 23 heavy (non-hydrogen) atoms. The van der Waals surface area contributed by atoms with Crippen molar-refractivity contribution in [2.45, 2.75) is 20.8 Å². The average molecular weight is 319 g/mol. The van der Waals surface area contributed by atoms with E-state index < -0.39 is 5.97 Å². The van der Waals surface area contributed by atoms with Gasteiger partial charge in [-0.15, -0.1) is 0 Å². The van der Waals surface area contributed by atoms with Crippen LogP contribution in [-0.4, -0.2) is 54.6 Å². The number of rotatable bonds is 5. The monoisotopic (exact) mass is 319 g/mol. The summed E-state index contributed by atoms with van der Waals surface area (Å²) in [5.74, 6) is -1.41.